The standard InChI is InChI=1S/C18H19N3/c1-3-21(15-7-5-4-6-8-15)18-11-13(2)20-17-10-9-14(19)12-16(17)18/h4-12H,3,19H2,1-2H3. The maximum Gasteiger partial charge on any atom is 0.0727 e. The molecular formula is C18H19N3. The summed E-state index contributed by atoms with van der Waals surface area (Å²) in [7, 11) is 0. The second kappa shape index (κ2) is 5.44. The Morgan fingerprint density at radius 1 is 1.05 bits per heavy atom. The van der Waals surface area contributed by atoms with Gasteiger partial charge in [-0.25, -0.2) is 0 Å². The summed E-state index contributed by atoms with van der Waals surface area (Å²) in [6.45, 7) is 5.07. The number of aryl methyl sites for hydroxylation is 1. The van der Waals surface area contributed by atoms with E-state index in [1.54, 1.807) is 0 Å². The van der Waals surface area contributed by atoms with E-state index in [1.807, 2.05) is 31.2 Å². The van der Waals surface area contributed by atoms with E-state index in [2.05, 4.69) is 47.1 Å². The van der Waals surface area contributed by atoms with Crippen LogP contribution in [-0.4, -0.2) is 11.5 Å². The first-order chi connectivity index (χ1) is 10.2. The number of benzene rings is 2. The van der Waals surface area contributed by atoms with Crippen molar-refractivity contribution in [3.05, 3.63) is 60.3 Å². The van der Waals surface area contributed by atoms with Crippen LogP contribution in [0.4, 0.5) is 17.1 Å². The zero-order valence-electron chi connectivity index (χ0n) is 12.4. The number of hydrogen-bond donors (Lipinski definition) is 1. The maximum atomic E-state index is 5.96. The van der Waals surface area contributed by atoms with Crippen molar-refractivity contribution in [1.82, 2.24) is 4.98 Å². The number of anilines is 3. The van der Waals surface area contributed by atoms with Gasteiger partial charge in [-0.2, -0.15) is 0 Å². The summed E-state index contributed by atoms with van der Waals surface area (Å²) in [5.41, 5.74) is 11.0. The fourth-order valence-corrected chi connectivity index (χ4v) is 2.68. The molecule has 0 atom stereocenters. The fraction of sp³-hybridized carbons (Fsp3) is 0.167. The molecule has 0 saturated carbocycles. The smallest absolute Gasteiger partial charge is 0.0727 e. The van der Waals surface area contributed by atoms with Crippen LogP contribution in [0.1, 0.15) is 12.6 Å². The molecule has 0 bridgehead atoms. The number of aromatic nitrogens is 1. The van der Waals surface area contributed by atoms with Crippen LogP contribution in [0.15, 0.2) is 54.6 Å². The average molecular weight is 277 g/mol. The number of nitrogens with zero attached hydrogens (tertiary/aromatic N) is 2. The van der Waals surface area contributed by atoms with Gasteiger partial charge in [0.1, 0.15) is 0 Å². The van der Waals surface area contributed by atoms with Crippen LogP contribution in [0.25, 0.3) is 10.9 Å². The molecule has 0 radical (unpaired) electrons. The third-order valence-electron chi connectivity index (χ3n) is 3.61. The molecule has 3 aromatic rings. The SMILES string of the molecule is CCN(c1ccccc1)c1cc(C)nc2ccc(N)cc12. The van der Waals surface area contributed by atoms with Crippen LogP contribution >= 0.6 is 0 Å². The van der Waals surface area contributed by atoms with Gasteiger partial charge >= 0.3 is 0 Å². The first-order valence-corrected chi connectivity index (χ1v) is 7.18. The number of pyridine rings is 1. The number of rotatable bonds is 3. The minimum Gasteiger partial charge on any atom is -0.399 e. The Kier molecular flexibility index (Phi) is 3.48. The predicted molar refractivity (Wildman–Crippen MR) is 90.0 cm³/mol. The summed E-state index contributed by atoms with van der Waals surface area (Å²) in [6.07, 6.45) is 0. The summed E-state index contributed by atoms with van der Waals surface area (Å²) in [4.78, 5) is 6.89. The first-order valence-electron chi connectivity index (χ1n) is 7.18. The molecule has 0 aliphatic rings. The molecule has 3 nitrogen and oxygen atoms in total. The molecular weight excluding hydrogens is 258 g/mol. The van der Waals surface area contributed by atoms with E-state index in [1.165, 1.54) is 5.69 Å². The third-order valence-corrected chi connectivity index (χ3v) is 3.61. The predicted octanol–water partition coefficient (Wildman–Crippen LogP) is 4.28. The van der Waals surface area contributed by atoms with Crippen molar-refractivity contribution in [3.63, 3.8) is 0 Å². The Morgan fingerprint density at radius 3 is 2.52 bits per heavy atom. The van der Waals surface area contributed by atoms with Crippen LogP contribution in [0, 0.1) is 6.92 Å². The van der Waals surface area contributed by atoms with Gasteiger partial charge in [0.2, 0.25) is 0 Å². The van der Waals surface area contributed by atoms with E-state index < -0.39 is 0 Å². The molecule has 2 aromatic carbocycles. The zero-order chi connectivity index (χ0) is 14.8. The van der Waals surface area contributed by atoms with Gasteiger partial charge in [0.15, 0.2) is 0 Å². The van der Waals surface area contributed by atoms with Crippen molar-refractivity contribution < 1.29 is 0 Å². The van der Waals surface area contributed by atoms with Crippen LogP contribution in [0.2, 0.25) is 0 Å². The summed E-state index contributed by atoms with van der Waals surface area (Å²) in [5, 5.41) is 1.09. The Hall–Kier alpha value is -2.55. The number of nitrogens with two attached hydrogens (primary N) is 1. The molecule has 0 saturated heterocycles. The Balaban J connectivity index is 2.24. The second-order valence-electron chi connectivity index (χ2n) is 5.14. The van der Waals surface area contributed by atoms with Crippen LogP contribution < -0.4 is 10.6 Å². The Morgan fingerprint density at radius 2 is 1.81 bits per heavy atom. The molecule has 0 spiro atoms. The number of hydrogen-bond acceptors (Lipinski definition) is 3. The van der Waals surface area contributed by atoms with E-state index in [0.717, 1.165) is 34.5 Å². The van der Waals surface area contributed by atoms with Gasteiger partial charge in [0.05, 0.1) is 11.2 Å². The average Bonchev–Trinajstić information content (AvgIpc) is 2.50. The van der Waals surface area contributed by atoms with Crippen LogP contribution in [0.3, 0.4) is 0 Å². The van der Waals surface area contributed by atoms with Crippen molar-refractivity contribution in [3.8, 4) is 0 Å². The second-order valence-corrected chi connectivity index (χ2v) is 5.14. The molecule has 1 aromatic heterocycles. The maximum absolute atomic E-state index is 5.96. The molecule has 106 valence electrons. The Bertz CT molecular complexity index is 766. The quantitative estimate of drug-likeness (QED) is 0.726. The van der Waals surface area contributed by atoms with E-state index in [9.17, 15) is 0 Å². The van der Waals surface area contributed by atoms with Gasteiger partial charge < -0.3 is 10.6 Å². The van der Waals surface area contributed by atoms with Gasteiger partial charge in [-0.05, 0) is 50.2 Å². The highest BCUT2D eigenvalue weighted by Gasteiger charge is 2.12. The highest BCUT2D eigenvalue weighted by atomic mass is 15.1. The third kappa shape index (κ3) is 2.55. The van der Waals surface area contributed by atoms with Crippen molar-refractivity contribution >= 4 is 28.0 Å². The van der Waals surface area contributed by atoms with Crippen LogP contribution in [-0.2, 0) is 0 Å². The lowest BCUT2D eigenvalue weighted by atomic mass is 10.1. The lowest BCUT2D eigenvalue weighted by Crippen LogP contribution is -2.16. The molecule has 0 fully saturated rings. The minimum absolute atomic E-state index is 0.763. The summed E-state index contributed by atoms with van der Waals surface area (Å²) in [5.74, 6) is 0. The number of para-hydroxylation sites is 1. The lowest BCUT2D eigenvalue weighted by Gasteiger charge is -2.25. The van der Waals surface area contributed by atoms with E-state index >= 15 is 0 Å². The molecule has 0 amide bonds. The largest absolute Gasteiger partial charge is 0.399 e. The molecule has 0 aliphatic heterocycles. The van der Waals surface area contributed by atoms with E-state index in [0.29, 0.717) is 0 Å². The number of nitrogen functional groups attached to an aromatic ring is 1. The summed E-state index contributed by atoms with van der Waals surface area (Å²) in [6, 6.07) is 18.4. The number of fused-ring (bicyclic) bond motifs is 1. The molecule has 3 rings (SSSR count). The van der Waals surface area contributed by atoms with Crippen molar-refractivity contribution in [2.75, 3.05) is 17.2 Å². The first kappa shape index (κ1) is 13.4. The van der Waals surface area contributed by atoms with Gasteiger partial charge in [-0.1, -0.05) is 18.2 Å². The fourth-order valence-electron chi connectivity index (χ4n) is 2.68. The van der Waals surface area contributed by atoms with Crippen molar-refractivity contribution in [2.24, 2.45) is 0 Å². The van der Waals surface area contributed by atoms with Gasteiger partial charge in [0, 0.05) is 29.0 Å². The molecule has 1 heterocycles. The normalized spacial score (nSPS) is 10.8. The lowest BCUT2D eigenvalue weighted by molar-refractivity contribution is 1.02. The van der Waals surface area contributed by atoms with Gasteiger partial charge in [0.25, 0.3) is 0 Å². The highest BCUT2D eigenvalue weighted by molar-refractivity contribution is 5.95. The summed E-state index contributed by atoms with van der Waals surface area (Å²) >= 11 is 0. The monoisotopic (exact) mass is 277 g/mol. The molecule has 3 heteroatoms. The van der Waals surface area contributed by atoms with E-state index in [-0.39, 0.29) is 0 Å². The molecule has 21 heavy (non-hydrogen) atoms. The van der Waals surface area contributed by atoms with Crippen LogP contribution in [0.5, 0.6) is 0 Å². The minimum atomic E-state index is 0.763. The van der Waals surface area contributed by atoms with E-state index in [4.69, 9.17) is 5.73 Å². The topological polar surface area (TPSA) is 42.2 Å². The highest BCUT2D eigenvalue weighted by Crippen LogP contribution is 2.33. The van der Waals surface area contributed by atoms with Crippen molar-refractivity contribution in [2.45, 2.75) is 13.8 Å². The Labute approximate surface area is 125 Å². The molecule has 0 aliphatic carbocycles. The molecule has 2 N–H and O–H groups in total. The summed E-state index contributed by atoms with van der Waals surface area (Å²) < 4.78 is 0. The zero-order valence-corrected chi connectivity index (χ0v) is 12.4. The molecule has 0 unspecified atom stereocenters. The van der Waals surface area contributed by atoms with Gasteiger partial charge in [-0.3, -0.25) is 4.98 Å². The van der Waals surface area contributed by atoms with Crippen molar-refractivity contribution in [1.29, 1.82) is 0 Å². The van der Waals surface area contributed by atoms with Gasteiger partial charge in [-0.15, -0.1) is 0 Å².